The van der Waals surface area contributed by atoms with E-state index in [0.717, 1.165) is 31.6 Å². The first-order valence-electron chi connectivity index (χ1n) is 6.64. The lowest BCUT2D eigenvalue weighted by Crippen LogP contribution is -2.33. The van der Waals surface area contributed by atoms with Gasteiger partial charge in [0, 0.05) is 25.9 Å². The fourth-order valence-corrected chi connectivity index (χ4v) is 2.41. The van der Waals surface area contributed by atoms with E-state index < -0.39 is 5.97 Å². The summed E-state index contributed by atoms with van der Waals surface area (Å²) in [4.78, 5) is 17.1. The van der Waals surface area contributed by atoms with E-state index in [-0.39, 0.29) is 11.8 Å². The normalized spacial score (nSPS) is 19.6. The molecule has 2 rings (SSSR count). The number of carbonyl (C=O) groups is 1. The van der Waals surface area contributed by atoms with Gasteiger partial charge in [-0.25, -0.2) is 9.78 Å². The molecule has 0 saturated carbocycles. The summed E-state index contributed by atoms with van der Waals surface area (Å²) < 4.78 is 5.69. The standard InChI is InChI=1S/C14H20N2O3/c1-16(10-12-6-2-3-8-19-12)9-11-5-4-7-15-13(11)14(17)18/h4-5,7,12H,2-3,6,8-10H2,1H3,(H,17,18). The largest absolute Gasteiger partial charge is 0.477 e. The number of likely N-dealkylation sites (N-methyl/N-ethyl adjacent to an activating group) is 1. The first-order chi connectivity index (χ1) is 9.16. The molecule has 1 unspecified atom stereocenters. The van der Waals surface area contributed by atoms with Crippen molar-refractivity contribution in [1.29, 1.82) is 0 Å². The highest BCUT2D eigenvalue weighted by Gasteiger charge is 2.18. The molecule has 1 aromatic rings. The van der Waals surface area contributed by atoms with Crippen LogP contribution in [0.4, 0.5) is 0 Å². The Balaban J connectivity index is 1.94. The molecule has 1 atom stereocenters. The molecular weight excluding hydrogens is 244 g/mol. The molecule has 1 aromatic heterocycles. The molecule has 19 heavy (non-hydrogen) atoms. The third-order valence-corrected chi connectivity index (χ3v) is 3.32. The van der Waals surface area contributed by atoms with E-state index in [1.807, 2.05) is 13.1 Å². The maximum absolute atomic E-state index is 11.1. The van der Waals surface area contributed by atoms with Crippen molar-refractivity contribution in [3.8, 4) is 0 Å². The minimum absolute atomic E-state index is 0.138. The molecule has 0 spiro atoms. The zero-order valence-corrected chi connectivity index (χ0v) is 11.2. The van der Waals surface area contributed by atoms with Gasteiger partial charge in [-0.15, -0.1) is 0 Å². The Bertz CT molecular complexity index is 430. The Morgan fingerprint density at radius 3 is 3.11 bits per heavy atom. The molecule has 1 saturated heterocycles. The van der Waals surface area contributed by atoms with E-state index in [1.54, 1.807) is 6.07 Å². The lowest BCUT2D eigenvalue weighted by molar-refractivity contribution is -0.00263. The summed E-state index contributed by atoms with van der Waals surface area (Å²) in [7, 11) is 1.98. The molecule has 5 nitrogen and oxygen atoms in total. The number of rotatable bonds is 5. The zero-order valence-electron chi connectivity index (χ0n) is 11.2. The van der Waals surface area contributed by atoms with Crippen molar-refractivity contribution >= 4 is 5.97 Å². The maximum atomic E-state index is 11.1. The van der Waals surface area contributed by atoms with Gasteiger partial charge in [0.15, 0.2) is 5.69 Å². The van der Waals surface area contributed by atoms with E-state index in [2.05, 4.69) is 9.88 Å². The molecule has 5 heteroatoms. The van der Waals surface area contributed by atoms with Crippen LogP contribution in [0.2, 0.25) is 0 Å². The van der Waals surface area contributed by atoms with Gasteiger partial charge >= 0.3 is 5.97 Å². The van der Waals surface area contributed by atoms with Gasteiger partial charge in [0.25, 0.3) is 0 Å². The van der Waals surface area contributed by atoms with Crippen LogP contribution >= 0.6 is 0 Å². The van der Waals surface area contributed by atoms with E-state index in [1.165, 1.54) is 12.6 Å². The summed E-state index contributed by atoms with van der Waals surface area (Å²) in [5, 5.41) is 9.09. The third kappa shape index (κ3) is 4.01. The molecular formula is C14H20N2O3. The van der Waals surface area contributed by atoms with Crippen LogP contribution in [0.15, 0.2) is 18.3 Å². The van der Waals surface area contributed by atoms with Gasteiger partial charge in [-0.1, -0.05) is 6.07 Å². The predicted molar refractivity (Wildman–Crippen MR) is 71.1 cm³/mol. The molecule has 0 aromatic carbocycles. The quantitative estimate of drug-likeness (QED) is 0.878. The summed E-state index contributed by atoms with van der Waals surface area (Å²) >= 11 is 0. The smallest absolute Gasteiger partial charge is 0.354 e. The molecule has 0 radical (unpaired) electrons. The van der Waals surface area contributed by atoms with Crippen molar-refractivity contribution in [2.45, 2.75) is 31.9 Å². The van der Waals surface area contributed by atoms with Crippen molar-refractivity contribution in [3.05, 3.63) is 29.6 Å². The highest BCUT2D eigenvalue weighted by Crippen LogP contribution is 2.15. The van der Waals surface area contributed by atoms with Crippen molar-refractivity contribution in [3.63, 3.8) is 0 Å². The van der Waals surface area contributed by atoms with Crippen molar-refractivity contribution in [2.24, 2.45) is 0 Å². The second kappa shape index (κ2) is 6.63. The van der Waals surface area contributed by atoms with Gasteiger partial charge < -0.3 is 9.84 Å². The highest BCUT2D eigenvalue weighted by atomic mass is 16.5. The zero-order chi connectivity index (χ0) is 13.7. The molecule has 0 amide bonds. The number of aromatic carboxylic acids is 1. The third-order valence-electron chi connectivity index (χ3n) is 3.32. The van der Waals surface area contributed by atoms with Gasteiger partial charge in [-0.2, -0.15) is 0 Å². The van der Waals surface area contributed by atoms with Gasteiger partial charge in [0.2, 0.25) is 0 Å². The van der Waals surface area contributed by atoms with Crippen molar-refractivity contribution < 1.29 is 14.6 Å². The van der Waals surface area contributed by atoms with Gasteiger partial charge in [-0.05, 0) is 37.9 Å². The predicted octanol–water partition coefficient (Wildman–Crippen LogP) is 1.78. The number of ether oxygens (including phenoxy) is 1. The summed E-state index contributed by atoms with van der Waals surface area (Å²) in [5.74, 6) is -0.974. The van der Waals surface area contributed by atoms with Crippen LogP contribution in [-0.4, -0.2) is 47.3 Å². The first kappa shape index (κ1) is 14.0. The monoisotopic (exact) mass is 264 g/mol. The number of hydrogen-bond acceptors (Lipinski definition) is 4. The Kier molecular flexibility index (Phi) is 4.87. The summed E-state index contributed by atoms with van der Waals surface area (Å²) in [5.41, 5.74) is 0.882. The summed E-state index contributed by atoms with van der Waals surface area (Å²) in [6.07, 6.45) is 5.22. The highest BCUT2D eigenvalue weighted by molar-refractivity contribution is 5.86. The minimum atomic E-state index is -0.974. The molecule has 0 aliphatic carbocycles. The lowest BCUT2D eigenvalue weighted by atomic mass is 10.1. The fourth-order valence-electron chi connectivity index (χ4n) is 2.41. The number of carboxylic acids is 1. The molecule has 1 aliphatic rings. The molecule has 1 fully saturated rings. The van der Waals surface area contributed by atoms with Crippen molar-refractivity contribution in [1.82, 2.24) is 9.88 Å². The second-order valence-corrected chi connectivity index (χ2v) is 5.00. The summed E-state index contributed by atoms with van der Waals surface area (Å²) in [6.45, 7) is 2.25. The van der Waals surface area contributed by atoms with Gasteiger partial charge in [0.05, 0.1) is 6.10 Å². The molecule has 0 bridgehead atoms. The molecule has 2 heterocycles. The van der Waals surface area contributed by atoms with E-state index in [4.69, 9.17) is 9.84 Å². The maximum Gasteiger partial charge on any atom is 0.354 e. The Labute approximate surface area is 113 Å². The number of pyridine rings is 1. The first-order valence-corrected chi connectivity index (χ1v) is 6.64. The van der Waals surface area contributed by atoms with E-state index in [0.29, 0.717) is 6.54 Å². The Hall–Kier alpha value is -1.46. The van der Waals surface area contributed by atoms with Crippen LogP contribution < -0.4 is 0 Å². The molecule has 104 valence electrons. The van der Waals surface area contributed by atoms with Crippen LogP contribution in [0, 0.1) is 0 Å². The summed E-state index contributed by atoms with van der Waals surface area (Å²) in [6, 6.07) is 3.58. The Morgan fingerprint density at radius 2 is 2.42 bits per heavy atom. The molecule has 1 aliphatic heterocycles. The van der Waals surface area contributed by atoms with E-state index in [9.17, 15) is 4.79 Å². The number of carboxylic acid groups (broad SMARTS) is 1. The Morgan fingerprint density at radius 1 is 1.58 bits per heavy atom. The van der Waals surface area contributed by atoms with Crippen LogP contribution in [0.5, 0.6) is 0 Å². The van der Waals surface area contributed by atoms with Crippen LogP contribution in [0.1, 0.15) is 35.3 Å². The second-order valence-electron chi connectivity index (χ2n) is 5.00. The SMILES string of the molecule is CN(Cc1cccnc1C(=O)O)CC1CCCCO1. The molecule has 1 N–H and O–H groups in total. The topological polar surface area (TPSA) is 62.7 Å². The van der Waals surface area contributed by atoms with E-state index >= 15 is 0 Å². The van der Waals surface area contributed by atoms with Crippen molar-refractivity contribution in [2.75, 3.05) is 20.2 Å². The van der Waals surface area contributed by atoms with Gasteiger partial charge in [0.1, 0.15) is 0 Å². The average Bonchev–Trinajstić information content (AvgIpc) is 2.40. The average molecular weight is 264 g/mol. The fraction of sp³-hybridized carbons (Fsp3) is 0.571. The minimum Gasteiger partial charge on any atom is -0.477 e. The number of hydrogen-bond donors (Lipinski definition) is 1. The number of nitrogens with zero attached hydrogens (tertiary/aromatic N) is 2. The number of aromatic nitrogens is 1. The van der Waals surface area contributed by atoms with Crippen LogP contribution in [0.3, 0.4) is 0 Å². The van der Waals surface area contributed by atoms with Gasteiger partial charge in [-0.3, -0.25) is 4.90 Å². The lowest BCUT2D eigenvalue weighted by Gasteiger charge is -2.27. The van der Waals surface area contributed by atoms with Crippen LogP contribution in [-0.2, 0) is 11.3 Å². The van der Waals surface area contributed by atoms with Crippen LogP contribution in [0.25, 0.3) is 0 Å².